The molecule has 0 N–H and O–H groups in total. The molecule has 0 amide bonds. The zero-order valence-corrected chi connectivity index (χ0v) is 11.0. The molecular weight excluding hydrogens is 252 g/mol. The van der Waals surface area contributed by atoms with Gasteiger partial charge in [-0.05, 0) is 11.8 Å². The first-order valence-corrected chi connectivity index (χ1v) is 7.53. The zero-order valence-electron chi connectivity index (χ0n) is 8.64. The molecule has 2 nitrogen and oxygen atoms in total. The maximum absolute atomic E-state index is 11.5. The van der Waals surface area contributed by atoms with E-state index >= 15 is 0 Å². The normalized spacial score (nSPS) is 13.2. The number of unbranched alkanes of at least 4 members (excludes halogenated alkanes) is 1. The molecule has 0 bridgehead atoms. The lowest BCUT2D eigenvalue weighted by Crippen LogP contribution is -2.27. The smallest absolute Gasteiger partial charge is 0.150 e. The lowest BCUT2D eigenvalue weighted by molar-refractivity contribution is 0.474. The highest BCUT2D eigenvalue weighted by molar-refractivity contribution is 9.09. The molecule has 0 radical (unpaired) electrons. The minimum atomic E-state index is -2.84. The van der Waals surface area contributed by atoms with Gasteiger partial charge >= 0.3 is 0 Å². The van der Waals surface area contributed by atoms with Crippen molar-refractivity contribution in [1.29, 1.82) is 0 Å². The average molecular weight is 271 g/mol. The molecule has 0 saturated heterocycles. The Hall–Kier alpha value is 0.430. The summed E-state index contributed by atoms with van der Waals surface area (Å²) in [6.45, 7) is 5.93. The number of alkyl halides is 1. The second-order valence-electron chi connectivity index (χ2n) is 4.24. The zero-order chi connectivity index (χ0) is 10.5. The molecule has 0 aromatic carbocycles. The Kier molecular flexibility index (Phi) is 5.52. The summed E-state index contributed by atoms with van der Waals surface area (Å²) in [7, 11) is -2.84. The van der Waals surface area contributed by atoms with Gasteiger partial charge in [0.2, 0.25) is 0 Å². The number of hydrogen-bond acceptors (Lipinski definition) is 2. The van der Waals surface area contributed by atoms with Crippen LogP contribution in [-0.4, -0.2) is 25.3 Å². The molecule has 0 unspecified atom stereocenters. The number of hydrogen-bond donors (Lipinski definition) is 0. The number of sulfone groups is 1. The molecule has 0 saturated carbocycles. The molecule has 0 aromatic heterocycles. The topological polar surface area (TPSA) is 34.1 Å². The fourth-order valence-electron chi connectivity index (χ4n) is 1.07. The van der Waals surface area contributed by atoms with E-state index in [4.69, 9.17) is 0 Å². The van der Waals surface area contributed by atoms with E-state index in [-0.39, 0.29) is 11.2 Å². The van der Waals surface area contributed by atoms with Gasteiger partial charge in [-0.15, -0.1) is 0 Å². The second-order valence-corrected chi connectivity index (χ2v) is 6.99. The van der Waals surface area contributed by atoms with Gasteiger partial charge in [-0.3, -0.25) is 0 Å². The van der Waals surface area contributed by atoms with E-state index in [1.54, 1.807) is 0 Å². The quantitative estimate of drug-likeness (QED) is 0.696. The number of rotatable bonds is 6. The van der Waals surface area contributed by atoms with Gasteiger partial charge in [-0.1, -0.05) is 43.1 Å². The summed E-state index contributed by atoms with van der Waals surface area (Å²) in [5.41, 5.74) is -0.146. The fourth-order valence-corrected chi connectivity index (χ4v) is 3.70. The van der Waals surface area contributed by atoms with E-state index in [2.05, 4.69) is 15.9 Å². The highest BCUT2D eigenvalue weighted by atomic mass is 79.9. The molecule has 0 heterocycles. The van der Waals surface area contributed by atoms with Crippen molar-refractivity contribution in [3.63, 3.8) is 0 Å². The van der Waals surface area contributed by atoms with E-state index in [1.807, 2.05) is 20.8 Å². The van der Waals surface area contributed by atoms with Crippen molar-refractivity contribution in [3.05, 3.63) is 0 Å². The van der Waals surface area contributed by atoms with Crippen LogP contribution in [0.1, 0.15) is 33.6 Å². The van der Waals surface area contributed by atoms with Crippen LogP contribution in [0.4, 0.5) is 0 Å². The van der Waals surface area contributed by atoms with Crippen LogP contribution in [0, 0.1) is 5.41 Å². The van der Waals surface area contributed by atoms with Crippen molar-refractivity contribution >= 4 is 25.8 Å². The van der Waals surface area contributed by atoms with Crippen molar-refractivity contribution < 1.29 is 8.42 Å². The predicted octanol–water partition coefficient (Wildman–Crippen LogP) is 2.62. The lowest BCUT2D eigenvalue weighted by Gasteiger charge is -2.20. The molecule has 0 aromatic rings. The minimum absolute atomic E-state index is 0.146. The summed E-state index contributed by atoms with van der Waals surface area (Å²) in [4.78, 5) is 0. The summed E-state index contributed by atoms with van der Waals surface area (Å²) in [5, 5.41) is 0.728. The van der Waals surface area contributed by atoms with Crippen molar-refractivity contribution in [3.8, 4) is 0 Å². The van der Waals surface area contributed by atoms with E-state index < -0.39 is 9.84 Å². The minimum Gasteiger partial charge on any atom is -0.229 e. The van der Waals surface area contributed by atoms with Gasteiger partial charge in [0.25, 0.3) is 0 Å². The van der Waals surface area contributed by atoms with E-state index in [1.165, 1.54) is 0 Å². The highest BCUT2D eigenvalue weighted by Crippen LogP contribution is 2.21. The Labute approximate surface area is 90.2 Å². The first-order chi connectivity index (χ1) is 5.83. The molecule has 80 valence electrons. The third-order valence-corrected chi connectivity index (χ3v) is 5.43. The van der Waals surface area contributed by atoms with Crippen LogP contribution in [0.3, 0.4) is 0 Å². The van der Waals surface area contributed by atoms with Crippen LogP contribution < -0.4 is 0 Å². The third-order valence-electron chi connectivity index (χ3n) is 1.78. The monoisotopic (exact) mass is 270 g/mol. The van der Waals surface area contributed by atoms with Gasteiger partial charge in [0.1, 0.15) is 0 Å². The first-order valence-electron chi connectivity index (χ1n) is 4.59. The summed E-state index contributed by atoms with van der Waals surface area (Å²) in [5.74, 6) is 0.616. The Morgan fingerprint density at radius 1 is 1.31 bits per heavy atom. The SMILES string of the molecule is CCCCS(=O)(=O)CC(C)(C)CBr. The molecule has 0 aliphatic heterocycles. The van der Waals surface area contributed by atoms with Gasteiger partial charge in [-0.2, -0.15) is 0 Å². The molecule has 4 heteroatoms. The van der Waals surface area contributed by atoms with E-state index in [0.717, 1.165) is 18.2 Å². The first kappa shape index (κ1) is 13.4. The Morgan fingerprint density at radius 3 is 2.23 bits per heavy atom. The van der Waals surface area contributed by atoms with E-state index in [0.29, 0.717) is 5.75 Å². The van der Waals surface area contributed by atoms with Crippen molar-refractivity contribution in [2.75, 3.05) is 16.8 Å². The van der Waals surface area contributed by atoms with Crippen molar-refractivity contribution in [1.82, 2.24) is 0 Å². The predicted molar refractivity (Wildman–Crippen MR) is 61.1 cm³/mol. The fraction of sp³-hybridized carbons (Fsp3) is 1.00. The van der Waals surface area contributed by atoms with Crippen LogP contribution in [-0.2, 0) is 9.84 Å². The van der Waals surface area contributed by atoms with Gasteiger partial charge in [0.05, 0.1) is 11.5 Å². The van der Waals surface area contributed by atoms with E-state index in [9.17, 15) is 8.42 Å². The summed E-state index contributed by atoms with van der Waals surface area (Å²) in [6.07, 6.45) is 1.72. The maximum Gasteiger partial charge on any atom is 0.150 e. The van der Waals surface area contributed by atoms with Crippen LogP contribution in [0.25, 0.3) is 0 Å². The molecular formula is C9H19BrO2S. The molecule has 0 atom stereocenters. The molecule has 13 heavy (non-hydrogen) atoms. The molecule has 0 aliphatic rings. The Morgan fingerprint density at radius 2 is 1.85 bits per heavy atom. The second kappa shape index (κ2) is 5.35. The standard InChI is InChI=1S/C9H19BrO2S/c1-4-5-6-13(11,12)8-9(2,3)7-10/h4-8H2,1-3H3. The van der Waals surface area contributed by atoms with Gasteiger partial charge in [-0.25, -0.2) is 8.42 Å². The summed E-state index contributed by atoms with van der Waals surface area (Å²) < 4.78 is 23.1. The summed E-state index contributed by atoms with van der Waals surface area (Å²) >= 11 is 3.33. The van der Waals surface area contributed by atoms with Crippen LogP contribution >= 0.6 is 15.9 Å². The highest BCUT2D eigenvalue weighted by Gasteiger charge is 2.24. The van der Waals surface area contributed by atoms with Gasteiger partial charge in [0, 0.05) is 5.33 Å². The lowest BCUT2D eigenvalue weighted by atomic mass is 10.0. The Balaban J connectivity index is 4.18. The van der Waals surface area contributed by atoms with Crippen LogP contribution in [0.5, 0.6) is 0 Å². The van der Waals surface area contributed by atoms with Crippen molar-refractivity contribution in [2.45, 2.75) is 33.6 Å². The maximum atomic E-state index is 11.5. The number of halogens is 1. The largest absolute Gasteiger partial charge is 0.229 e. The van der Waals surface area contributed by atoms with Crippen LogP contribution in [0.15, 0.2) is 0 Å². The molecule has 0 rings (SSSR count). The van der Waals surface area contributed by atoms with Crippen LogP contribution in [0.2, 0.25) is 0 Å². The molecule has 0 spiro atoms. The van der Waals surface area contributed by atoms with Crippen molar-refractivity contribution in [2.24, 2.45) is 5.41 Å². The van der Waals surface area contributed by atoms with Gasteiger partial charge in [0.15, 0.2) is 9.84 Å². The Bertz CT molecular complexity index is 232. The van der Waals surface area contributed by atoms with Gasteiger partial charge < -0.3 is 0 Å². The third kappa shape index (κ3) is 6.49. The average Bonchev–Trinajstić information content (AvgIpc) is 1.99. The molecule has 0 fully saturated rings. The molecule has 0 aliphatic carbocycles. The summed E-state index contributed by atoms with van der Waals surface area (Å²) in [6, 6.07) is 0.